The first-order chi connectivity index (χ1) is 11.4. The number of benzene rings is 1. The molecular formula is C19H30O5S. The molecule has 1 atom stereocenters. The Kier molecular flexibility index (Phi) is 7.20. The predicted octanol–water partition coefficient (Wildman–Crippen LogP) is 3.95. The molecule has 25 heavy (non-hydrogen) atoms. The van der Waals surface area contributed by atoms with Gasteiger partial charge in [-0.05, 0) is 25.0 Å². The van der Waals surface area contributed by atoms with Crippen molar-refractivity contribution in [2.45, 2.75) is 59.5 Å². The minimum Gasteiger partial charge on any atom is -0.465 e. The predicted molar refractivity (Wildman–Crippen MR) is 97.7 cm³/mol. The maximum Gasteiger partial charge on any atom is 0.308 e. The zero-order valence-corrected chi connectivity index (χ0v) is 17.0. The summed E-state index contributed by atoms with van der Waals surface area (Å²) in [5, 5.41) is 0. The molecule has 0 aliphatic rings. The zero-order chi connectivity index (χ0) is 19.4. The lowest BCUT2D eigenvalue weighted by Gasteiger charge is -2.35. The number of hydrogen-bond acceptors (Lipinski definition) is 5. The van der Waals surface area contributed by atoms with Crippen molar-refractivity contribution in [2.75, 3.05) is 6.61 Å². The summed E-state index contributed by atoms with van der Waals surface area (Å²) in [6, 6.07) is 6.54. The lowest BCUT2D eigenvalue weighted by atomic mass is 9.81. The molecule has 0 spiro atoms. The number of esters is 1. The van der Waals surface area contributed by atoms with Gasteiger partial charge in [0.25, 0.3) is 10.1 Å². The maximum atomic E-state index is 12.6. The van der Waals surface area contributed by atoms with Gasteiger partial charge in [-0.1, -0.05) is 59.2 Å². The summed E-state index contributed by atoms with van der Waals surface area (Å²) in [6.07, 6.45) is -0.626. The van der Waals surface area contributed by atoms with Gasteiger partial charge in [-0.3, -0.25) is 8.98 Å². The van der Waals surface area contributed by atoms with Gasteiger partial charge < -0.3 is 4.74 Å². The van der Waals surface area contributed by atoms with Crippen molar-refractivity contribution in [3.63, 3.8) is 0 Å². The average Bonchev–Trinajstić information content (AvgIpc) is 2.50. The van der Waals surface area contributed by atoms with Crippen LogP contribution in [0.2, 0.25) is 0 Å². The molecule has 0 aliphatic carbocycles. The highest BCUT2D eigenvalue weighted by molar-refractivity contribution is 7.86. The largest absolute Gasteiger partial charge is 0.465 e. The van der Waals surface area contributed by atoms with E-state index in [2.05, 4.69) is 0 Å². The van der Waals surface area contributed by atoms with Crippen LogP contribution in [0.25, 0.3) is 0 Å². The summed E-state index contributed by atoms with van der Waals surface area (Å²) >= 11 is 0. The van der Waals surface area contributed by atoms with E-state index in [1.807, 2.05) is 34.6 Å². The molecule has 0 fully saturated rings. The van der Waals surface area contributed by atoms with Gasteiger partial charge in [-0.2, -0.15) is 8.42 Å². The maximum absolute atomic E-state index is 12.6. The lowest BCUT2D eigenvalue weighted by Crippen LogP contribution is -2.42. The van der Waals surface area contributed by atoms with Crippen molar-refractivity contribution in [1.29, 1.82) is 0 Å². The van der Waals surface area contributed by atoms with Gasteiger partial charge in [0.1, 0.15) is 0 Å². The third-order valence-electron chi connectivity index (χ3n) is 3.97. The fourth-order valence-electron chi connectivity index (χ4n) is 2.55. The second kappa shape index (κ2) is 8.32. The number of ether oxygens (including phenoxy) is 1. The van der Waals surface area contributed by atoms with Crippen LogP contribution >= 0.6 is 0 Å². The molecule has 142 valence electrons. The van der Waals surface area contributed by atoms with Gasteiger partial charge in [-0.25, -0.2) is 0 Å². The Morgan fingerprint density at radius 3 is 2.04 bits per heavy atom. The van der Waals surface area contributed by atoms with E-state index in [1.54, 1.807) is 26.0 Å². The Morgan fingerprint density at radius 2 is 1.60 bits per heavy atom. The van der Waals surface area contributed by atoms with Crippen LogP contribution in [0.3, 0.4) is 0 Å². The van der Waals surface area contributed by atoms with Gasteiger partial charge in [-0.15, -0.1) is 0 Å². The van der Waals surface area contributed by atoms with Crippen molar-refractivity contribution in [2.24, 2.45) is 17.3 Å². The van der Waals surface area contributed by atoms with E-state index in [9.17, 15) is 13.2 Å². The first-order valence-electron chi connectivity index (χ1n) is 8.53. The van der Waals surface area contributed by atoms with Crippen molar-refractivity contribution < 1.29 is 22.1 Å². The Morgan fingerprint density at radius 1 is 1.08 bits per heavy atom. The van der Waals surface area contributed by atoms with Gasteiger partial charge in [0, 0.05) is 5.41 Å². The molecule has 0 radical (unpaired) electrons. The first-order valence-corrected chi connectivity index (χ1v) is 9.94. The zero-order valence-electron chi connectivity index (χ0n) is 16.2. The Balaban J connectivity index is 2.98. The third-order valence-corrected chi connectivity index (χ3v) is 5.28. The molecule has 1 unspecified atom stereocenters. The number of carbonyl (C=O) groups excluding carboxylic acids is 1. The van der Waals surface area contributed by atoms with Crippen LogP contribution in [0.15, 0.2) is 29.2 Å². The van der Waals surface area contributed by atoms with Crippen LogP contribution < -0.4 is 0 Å². The minimum atomic E-state index is -3.90. The number of hydrogen-bond donors (Lipinski definition) is 0. The highest BCUT2D eigenvalue weighted by Crippen LogP contribution is 2.32. The fourth-order valence-corrected chi connectivity index (χ4v) is 3.88. The van der Waals surface area contributed by atoms with Gasteiger partial charge >= 0.3 is 5.97 Å². The smallest absolute Gasteiger partial charge is 0.308 e. The summed E-state index contributed by atoms with van der Waals surface area (Å²) < 4.78 is 36.1. The number of rotatable bonds is 8. The second-order valence-electron chi connectivity index (χ2n) is 7.78. The molecule has 0 saturated heterocycles. The van der Waals surface area contributed by atoms with Crippen LogP contribution in [-0.4, -0.2) is 27.1 Å². The van der Waals surface area contributed by atoms with Crippen LogP contribution in [-0.2, 0) is 23.8 Å². The Bertz CT molecular complexity index is 672. The standard InChI is InChI=1S/C19H30O5S/c1-13(2)17(19(6,7)12-23-18(20)14(3)4)24-25(21,22)16-10-8-15(5)9-11-16/h8-11,13-14,17H,12H2,1-7H3. The molecule has 1 rings (SSSR count). The Labute approximate surface area is 151 Å². The van der Waals surface area contributed by atoms with Gasteiger partial charge in [0.05, 0.1) is 23.5 Å². The van der Waals surface area contributed by atoms with Crippen molar-refractivity contribution in [3.8, 4) is 0 Å². The molecule has 0 bridgehead atoms. The molecule has 0 aliphatic heterocycles. The molecule has 6 heteroatoms. The first kappa shape index (κ1) is 21.6. The second-order valence-corrected chi connectivity index (χ2v) is 9.35. The Hall–Kier alpha value is -1.40. The molecule has 0 amide bonds. The monoisotopic (exact) mass is 370 g/mol. The molecule has 5 nitrogen and oxygen atoms in total. The lowest BCUT2D eigenvalue weighted by molar-refractivity contribution is -0.153. The number of carbonyl (C=O) groups is 1. The summed E-state index contributed by atoms with van der Waals surface area (Å²) in [5.41, 5.74) is 0.316. The summed E-state index contributed by atoms with van der Waals surface area (Å²) in [7, 11) is -3.90. The van der Waals surface area contributed by atoms with E-state index in [1.165, 1.54) is 12.1 Å². The molecule has 0 saturated carbocycles. The van der Waals surface area contributed by atoms with Crippen LogP contribution in [0.1, 0.15) is 47.1 Å². The highest BCUT2D eigenvalue weighted by atomic mass is 32.2. The fraction of sp³-hybridized carbons (Fsp3) is 0.632. The summed E-state index contributed by atoms with van der Waals surface area (Å²) in [5.74, 6) is -0.615. The molecule has 0 N–H and O–H groups in total. The van der Waals surface area contributed by atoms with E-state index in [0.717, 1.165) is 5.56 Å². The third kappa shape index (κ3) is 6.12. The van der Waals surface area contributed by atoms with Crippen molar-refractivity contribution in [1.82, 2.24) is 0 Å². The summed E-state index contributed by atoms with van der Waals surface area (Å²) in [6.45, 7) is 13.0. The topological polar surface area (TPSA) is 69.7 Å². The normalized spacial score (nSPS) is 14.0. The van der Waals surface area contributed by atoms with E-state index in [-0.39, 0.29) is 29.3 Å². The van der Waals surface area contributed by atoms with Crippen molar-refractivity contribution in [3.05, 3.63) is 29.8 Å². The molecule has 1 aromatic rings. The van der Waals surface area contributed by atoms with E-state index >= 15 is 0 Å². The summed E-state index contributed by atoms with van der Waals surface area (Å²) in [4.78, 5) is 11.9. The average molecular weight is 371 g/mol. The van der Waals surface area contributed by atoms with Crippen molar-refractivity contribution >= 4 is 16.1 Å². The molecular weight excluding hydrogens is 340 g/mol. The molecule has 0 heterocycles. The van der Waals surface area contributed by atoms with Crippen LogP contribution in [0.4, 0.5) is 0 Å². The number of aryl methyl sites for hydroxylation is 1. The quantitative estimate of drug-likeness (QED) is 0.512. The van der Waals surface area contributed by atoms with E-state index in [0.29, 0.717) is 0 Å². The minimum absolute atomic E-state index is 0.0759. The highest BCUT2D eigenvalue weighted by Gasteiger charge is 2.38. The van der Waals surface area contributed by atoms with Gasteiger partial charge in [0.15, 0.2) is 0 Å². The van der Waals surface area contributed by atoms with E-state index in [4.69, 9.17) is 8.92 Å². The SMILES string of the molecule is Cc1ccc(S(=O)(=O)OC(C(C)C)C(C)(C)COC(=O)C(C)C)cc1. The molecule has 1 aromatic carbocycles. The van der Waals surface area contributed by atoms with Crippen LogP contribution in [0.5, 0.6) is 0 Å². The van der Waals surface area contributed by atoms with Gasteiger partial charge in [0.2, 0.25) is 0 Å². The van der Waals surface area contributed by atoms with E-state index < -0.39 is 21.6 Å². The van der Waals surface area contributed by atoms with Crippen LogP contribution in [0, 0.1) is 24.2 Å². The molecule has 0 aromatic heterocycles.